The third-order valence-electron chi connectivity index (χ3n) is 2.92. The molecule has 2 heterocycles. The fraction of sp³-hybridized carbons (Fsp3) is 0.500. The maximum absolute atomic E-state index is 9.72. The first kappa shape index (κ1) is 12.5. The first-order chi connectivity index (χ1) is 8.44. The van der Waals surface area contributed by atoms with Crippen molar-refractivity contribution in [3.63, 3.8) is 0 Å². The molecular weight excluding hydrogens is 234 g/mol. The Balaban J connectivity index is 2.46. The summed E-state index contributed by atoms with van der Waals surface area (Å²) in [6.45, 7) is 5.46. The van der Waals surface area contributed by atoms with E-state index >= 15 is 0 Å². The minimum Gasteiger partial charge on any atom is -0.391 e. The topological polar surface area (TPSA) is 125 Å². The van der Waals surface area contributed by atoms with Crippen LogP contribution in [-0.2, 0) is 0 Å². The van der Waals surface area contributed by atoms with Crippen LogP contribution < -0.4 is 16.6 Å². The van der Waals surface area contributed by atoms with Gasteiger partial charge in [-0.05, 0) is 20.8 Å². The van der Waals surface area contributed by atoms with Gasteiger partial charge in [-0.2, -0.15) is 15.1 Å². The molecule has 98 valence electrons. The van der Waals surface area contributed by atoms with Crippen molar-refractivity contribution in [2.45, 2.75) is 32.4 Å². The van der Waals surface area contributed by atoms with Crippen LogP contribution in [0, 0.1) is 0 Å². The summed E-state index contributed by atoms with van der Waals surface area (Å²) < 4.78 is 0. The zero-order valence-electron chi connectivity index (χ0n) is 10.5. The highest BCUT2D eigenvalue weighted by molar-refractivity contribution is 5.87. The van der Waals surface area contributed by atoms with Crippen molar-refractivity contribution in [1.29, 1.82) is 0 Å². The van der Waals surface area contributed by atoms with E-state index in [2.05, 4.69) is 30.9 Å². The average molecular weight is 251 g/mol. The number of hydrogen-bond donors (Lipinski definition) is 5. The van der Waals surface area contributed by atoms with Crippen LogP contribution in [0.2, 0.25) is 0 Å². The van der Waals surface area contributed by atoms with Crippen LogP contribution in [0.1, 0.15) is 20.8 Å². The van der Waals surface area contributed by atoms with E-state index in [1.807, 2.05) is 13.8 Å². The number of nitrogens with zero attached hydrogens (tertiary/aromatic N) is 3. The molecule has 0 fully saturated rings. The Bertz CT molecular complexity index is 548. The van der Waals surface area contributed by atoms with Crippen LogP contribution in [0.3, 0.4) is 0 Å². The molecule has 0 aliphatic rings. The normalized spacial score (nSPS) is 13.6. The van der Waals surface area contributed by atoms with Gasteiger partial charge in [-0.1, -0.05) is 0 Å². The number of anilines is 2. The maximum atomic E-state index is 9.72. The molecule has 8 heteroatoms. The first-order valence-corrected chi connectivity index (χ1v) is 5.58. The van der Waals surface area contributed by atoms with Crippen LogP contribution in [0.4, 0.5) is 11.8 Å². The quantitative estimate of drug-likeness (QED) is 0.388. The molecule has 2 aromatic heterocycles. The molecule has 1 unspecified atom stereocenters. The Morgan fingerprint density at radius 3 is 2.78 bits per heavy atom. The minimum atomic E-state index is -0.552. The van der Waals surface area contributed by atoms with Crippen LogP contribution in [0.25, 0.3) is 11.0 Å². The van der Waals surface area contributed by atoms with Crippen LogP contribution in [0.15, 0.2) is 6.20 Å². The zero-order valence-corrected chi connectivity index (χ0v) is 10.5. The molecule has 0 bridgehead atoms. The number of hydrazine groups is 1. The summed E-state index contributed by atoms with van der Waals surface area (Å²) in [5.74, 6) is 6.15. The molecule has 0 aromatic carbocycles. The molecule has 6 N–H and O–H groups in total. The summed E-state index contributed by atoms with van der Waals surface area (Å²) in [7, 11) is 0. The molecule has 0 amide bonds. The number of fused-ring (bicyclic) bond motifs is 1. The molecule has 1 atom stereocenters. The van der Waals surface area contributed by atoms with Gasteiger partial charge in [0.15, 0.2) is 5.65 Å². The van der Waals surface area contributed by atoms with Crippen molar-refractivity contribution in [2.24, 2.45) is 5.84 Å². The summed E-state index contributed by atoms with van der Waals surface area (Å²) in [4.78, 5) is 8.35. The molecule has 0 aliphatic heterocycles. The molecule has 0 saturated carbocycles. The lowest BCUT2D eigenvalue weighted by atomic mass is 9.99. The van der Waals surface area contributed by atoms with Crippen LogP contribution in [0.5, 0.6) is 0 Å². The van der Waals surface area contributed by atoms with Gasteiger partial charge in [-0.25, -0.2) is 5.84 Å². The summed E-state index contributed by atoms with van der Waals surface area (Å²) in [5.41, 5.74) is 2.43. The van der Waals surface area contributed by atoms with E-state index in [0.717, 1.165) is 5.39 Å². The van der Waals surface area contributed by atoms with Crippen molar-refractivity contribution in [3.05, 3.63) is 6.20 Å². The van der Waals surface area contributed by atoms with Crippen molar-refractivity contribution < 1.29 is 5.11 Å². The predicted octanol–water partition coefficient (Wildman–Crippen LogP) is 0.210. The molecule has 18 heavy (non-hydrogen) atoms. The number of nitrogen functional groups attached to an aromatic ring is 1. The van der Waals surface area contributed by atoms with Crippen molar-refractivity contribution in [2.75, 3.05) is 10.7 Å². The van der Waals surface area contributed by atoms with E-state index in [4.69, 9.17) is 5.84 Å². The van der Waals surface area contributed by atoms with Gasteiger partial charge in [0.1, 0.15) is 5.82 Å². The van der Waals surface area contributed by atoms with Gasteiger partial charge in [-0.3, -0.25) is 10.5 Å². The Morgan fingerprint density at radius 1 is 1.44 bits per heavy atom. The van der Waals surface area contributed by atoms with Crippen molar-refractivity contribution >= 4 is 22.8 Å². The minimum absolute atomic E-state index is 0.274. The third kappa shape index (κ3) is 2.20. The van der Waals surface area contributed by atoms with Gasteiger partial charge in [-0.15, -0.1) is 0 Å². The second-order valence-electron chi connectivity index (χ2n) is 4.70. The van der Waals surface area contributed by atoms with Gasteiger partial charge in [0.05, 0.1) is 23.2 Å². The number of H-pyrrole nitrogens is 1. The summed E-state index contributed by atoms with van der Waals surface area (Å²) in [6, 6.07) is 0. The lowest BCUT2D eigenvalue weighted by Gasteiger charge is -2.30. The zero-order chi connectivity index (χ0) is 13.3. The molecule has 2 aromatic rings. The van der Waals surface area contributed by atoms with E-state index in [1.54, 1.807) is 13.1 Å². The number of hydrogen-bond acceptors (Lipinski definition) is 7. The molecule has 2 rings (SSSR count). The number of aliphatic hydroxyl groups excluding tert-OH is 1. The number of aromatic nitrogens is 4. The second kappa shape index (κ2) is 4.39. The van der Waals surface area contributed by atoms with Gasteiger partial charge < -0.3 is 10.4 Å². The Labute approximate surface area is 104 Å². The summed E-state index contributed by atoms with van der Waals surface area (Å²) >= 11 is 0. The van der Waals surface area contributed by atoms with E-state index in [9.17, 15) is 5.11 Å². The molecule has 0 spiro atoms. The fourth-order valence-corrected chi connectivity index (χ4v) is 1.40. The number of aliphatic hydroxyl groups is 1. The first-order valence-electron chi connectivity index (χ1n) is 5.58. The maximum Gasteiger partial charge on any atom is 0.241 e. The number of nitrogens with one attached hydrogen (secondary N) is 3. The molecule has 0 aliphatic carbocycles. The summed E-state index contributed by atoms with van der Waals surface area (Å²) in [6.07, 6.45) is 1.07. The van der Waals surface area contributed by atoms with Gasteiger partial charge >= 0.3 is 0 Å². The van der Waals surface area contributed by atoms with E-state index in [1.165, 1.54) is 0 Å². The highest BCUT2D eigenvalue weighted by atomic mass is 16.3. The molecular formula is C10H17N7O. The van der Waals surface area contributed by atoms with Gasteiger partial charge in [0, 0.05) is 0 Å². The van der Waals surface area contributed by atoms with Crippen LogP contribution >= 0.6 is 0 Å². The smallest absolute Gasteiger partial charge is 0.241 e. The Hall–Kier alpha value is -1.93. The highest BCUT2D eigenvalue weighted by Crippen LogP contribution is 2.24. The molecule has 8 nitrogen and oxygen atoms in total. The number of nitrogens with two attached hydrogens (primary N) is 1. The highest BCUT2D eigenvalue weighted by Gasteiger charge is 2.25. The van der Waals surface area contributed by atoms with Crippen molar-refractivity contribution in [3.8, 4) is 0 Å². The Morgan fingerprint density at radius 2 is 2.17 bits per heavy atom. The van der Waals surface area contributed by atoms with E-state index in [-0.39, 0.29) is 5.95 Å². The number of rotatable bonds is 4. The standard InChI is InChI=1S/C10H17N7O/c1-5(18)10(2,3)15-7-6-4-12-17-8(6)14-9(13-7)16-11/h4-5,18H,11H2,1-3H3,(H3,12,13,14,15,16,17). The summed E-state index contributed by atoms with van der Waals surface area (Å²) in [5, 5.41) is 20.3. The fourth-order valence-electron chi connectivity index (χ4n) is 1.40. The largest absolute Gasteiger partial charge is 0.391 e. The van der Waals surface area contributed by atoms with E-state index in [0.29, 0.717) is 11.5 Å². The monoisotopic (exact) mass is 251 g/mol. The third-order valence-corrected chi connectivity index (χ3v) is 2.92. The van der Waals surface area contributed by atoms with Crippen molar-refractivity contribution in [1.82, 2.24) is 20.2 Å². The lowest BCUT2D eigenvalue weighted by Crippen LogP contribution is -2.42. The number of aromatic amines is 1. The SMILES string of the molecule is CC(O)C(C)(C)Nc1nc(NN)nc2[nH]ncc12. The average Bonchev–Trinajstić information content (AvgIpc) is 2.76. The van der Waals surface area contributed by atoms with Gasteiger partial charge in [0.25, 0.3) is 0 Å². The Kier molecular flexibility index (Phi) is 3.05. The molecule has 0 saturated heterocycles. The molecule has 0 radical (unpaired) electrons. The van der Waals surface area contributed by atoms with E-state index < -0.39 is 11.6 Å². The van der Waals surface area contributed by atoms with Gasteiger partial charge in [0.2, 0.25) is 5.95 Å². The second-order valence-corrected chi connectivity index (χ2v) is 4.70. The predicted molar refractivity (Wildman–Crippen MR) is 68.9 cm³/mol. The lowest BCUT2D eigenvalue weighted by molar-refractivity contribution is 0.133. The van der Waals surface area contributed by atoms with Crippen LogP contribution in [-0.4, -0.2) is 36.9 Å².